The van der Waals surface area contributed by atoms with E-state index >= 15 is 0 Å². The van der Waals surface area contributed by atoms with Crippen LogP contribution in [0.25, 0.3) is 10.8 Å². The molecule has 1 heterocycles. The molecule has 1 unspecified atom stereocenters. The normalized spacial score (nSPS) is 12.7. The van der Waals surface area contributed by atoms with Gasteiger partial charge >= 0.3 is 0 Å². The predicted molar refractivity (Wildman–Crippen MR) is 78.0 cm³/mol. The topological polar surface area (TPSA) is 39.2 Å². The van der Waals surface area contributed by atoms with Crippen LogP contribution >= 0.6 is 0 Å². The van der Waals surface area contributed by atoms with Crippen molar-refractivity contribution in [2.24, 2.45) is 5.73 Å². The van der Waals surface area contributed by atoms with E-state index in [1.165, 1.54) is 16.3 Å². The molecular weight excluding hydrogens is 234 g/mol. The lowest BCUT2D eigenvalue weighted by atomic mass is 9.98. The van der Waals surface area contributed by atoms with Gasteiger partial charge in [0.25, 0.3) is 0 Å². The van der Waals surface area contributed by atoms with Crippen LogP contribution in [0.2, 0.25) is 0 Å². The zero-order chi connectivity index (χ0) is 13.2. The van der Waals surface area contributed by atoms with Crippen LogP contribution in [0.3, 0.4) is 0 Å². The van der Waals surface area contributed by atoms with E-state index in [1.54, 1.807) is 0 Å². The second-order valence-electron chi connectivity index (χ2n) is 4.90. The molecule has 0 bridgehead atoms. The van der Waals surface area contributed by atoms with Crippen molar-refractivity contribution in [2.75, 3.05) is 0 Å². The first-order valence-corrected chi connectivity index (χ1v) is 6.52. The van der Waals surface area contributed by atoms with Crippen molar-refractivity contribution >= 4 is 10.8 Å². The summed E-state index contributed by atoms with van der Waals surface area (Å²) in [6.45, 7) is 1.94. The van der Waals surface area contributed by atoms with Gasteiger partial charge in [-0.15, -0.1) is 0 Å². The molecule has 0 aliphatic carbocycles. The van der Waals surface area contributed by atoms with Gasteiger partial charge in [-0.1, -0.05) is 42.5 Å². The summed E-state index contributed by atoms with van der Waals surface area (Å²) in [5.41, 5.74) is 7.50. The molecule has 1 atom stereocenters. The second kappa shape index (κ2) is 4.90. The SMILES string of the molecule is Cc1ccc(C(N)Cc2cccc3ccccc23)o1. The molecule has 0 aliphatic rings. The Hall–Kier alpha value is -2.06. The van der Waals surface area contributed by atoms with E-state index < -0.39 is 0 Å². The molecule has 2 aromatic carbocycles. The van der Waals surface area contributed by atoms with Crippen LogP contribution in [0, 0.1) is 6.92 Å². The monoisotopic (exact) mass is 251 g/mol. The number of hydrogen-bond donors (Lipinski definition) is 1. The molecule has 2 heteroatoms. The Morgan fingerprint density at radius 1 is 1.00 bits per heavy atom. The number of aryl methyl sites for hydroxylation is 1. The van der Waals surface area contributed by atoms with Gasteiger partial charge in [0.05, 0.1) is 6.04 Å². The minimum atomic E-state index is -0.0977. The highest BCUT2D eigenvalue weighted by atomic mass is 16.3. The quantitative estimate of drug-likeness (QED) is 0.764. The molecule has 3 aromatic rings. The zero-order valence-electron chi connectivity index (χ0n) is 11.0. The van der Waals surface area contributed by atoms with Crippen molar-refractivity contribution in [3.8, 4) is 0 Å². The van der Waals surface area contributed by atoms with Gasteiger partial charge in [0.2, 0.25) is 0 Å². The molecule has 0 saturated heterocycles. The summed E-state index contributed by atoms with van der Waals surface area (Å²) in [5, 5.41) is 2.52. The lowest BCUT2D eigenvalue weighted by Crippen LogP contribution is -2.12. The molecule has 2 N–H and O–H groups in total. The van der Waals surface area contributed by atoms with E-state index in [0.717, 1.165) is 17.9 Å². The fourth-order valence-electron chi connectivity index (χ4n) is 2.46. The van der Waals surface area contributed by atoms with E-state index in [-0.39, 0.29) is 6.04 Å². The van der Waals surface area contributed by atoms with Crippen LogP contribution in [0.5, 0.6) is 0 Å². The molecule has 1 aromatic heterocycles. The van der Waals surface area contributed by atoms with Gasteiger partial charge in [-0.3, -0.25) is 0 Å². The molecule has 0 spiro atoms. The Bertz CT molecular complexity index is 694. The van der Waals surface area contributed by atoms with Gasteiger partial charge in [0.1, 0.15) is 11.5 Å². The third-order valence-electron chi connectivity index (χ3n) is 3.45. The minimum Gasteiger partial charge on any atom is -0.465 e. The molecule has 0 fully saturated rings. The van der Waals surface area contributed by atoms with E-state index in [4.69, 9.17) is 10.2 Å². The largest absolute Gasteiger partial charge is 0.465 e. The van der Waals surface area contributed by atoms with Crippen LogP contribution in [0.15, 0.2) is 59.0 Å². The first-order chi connectivity index (χ1) is 9.24. The number of hydrogen-bond acceptors (Lipinski definition) is 2. The van der Waals surface area contributed by atoms with Crippen molar-refractivity contribution in [3.63, 3.8) is 0 Å². The van der Waals surface area contributed by atoms with Gasteiger partial charge < -0.3 is 10.2 Å². The molecule has 3 rings (SSSR count). The number of nitrogens with two attached hydrogens (primary N) is 1. The predicted octanol–water partition coefficient (Wildman–Crippen LogP) is 3.98. The highest BCUT2D eigenvalue weighted by Gasteiger charge is 2.12. The number of fused-ring (bicyclic) bond motifs is 1. The fraction of sp³-hybridized carbons (Fsp3) is 0.176. The summed E-state index contributed by atoms with van der Waals surface area (Å²) >= 11 is 0. The van der Waals surface area contributed by atoms with Crippen LogP contribution in [-0.4, -0.2) is 0 Å². The summed E-state index contributed by atoms with van der Waals surface area (Å²) in [6.07, 6.45) is 0.786. The van der Waals surface area contributed by atoms with Crippen LogP contribution < -0.4 is 5.73 Å². The van der Waals surface area contributed by atoms with Gasteiger partial charge in [-0.2, -0.15) is 0 Å². The van der Waals surface area contributed by atoms with E-state index in [0.29, 0.717) is 0 Å². The maximum Gasteiger partial charge on any atom is 0.121 e. The third kappa shape index (κ3) is 2.40. The Balaban J connectivity index is 1.93. The van der Waals surface area contributed by atoms with Crippen molar-refractivity contribution < 1.29 is 4.42 Å². The number of rotatable bonds is 3. The standard InChI is InChI=1S/C17H17NO/c1-12-9-10-17(19-12)16(18)11-14-7-4-6-13-5-2-3-8-15(13)14/h2-10,16H,11,18H2,1H3. The minimum absolute atomic E-state index is 0.0977. The lowest BCUT2D eigenvalue weighted by Gasteiger charge is -2.11. The highest BCUT2D eigenvalue weighted by molar-refractivity contribution is 5.85. The average Bonchev–Trinajstić information content (AvgIpc) is 2.86. The molecule has 2 nitrogen and oxygen atoms in total. The maximum absolute atomic E-state index is 6.24. The van der Waals surface area contributed by atoms with Gasteiger partial charge in [0.15, 0.2) is 0 Å². The zero-order valence-corrected chi connectivity index (χ0v) is 11.0. The molecule has 0 saturated carbocycles. The Kier molecular flexibility index (Phi) is 3.10. The van der Waals surface area contributed by atoms with E-state index in [2.05, 4.69) is 42.5 Å². The Morgan fingerprint density at radius 3 is 2.58 bits per heavy atom. The van der Waals surface area contributed by atoms with Crippen LogP contribution in [-0.2, 0) is 6.42 Å². The van der Waals surface area contributed by atoms with Crippen LogP contribution in [0.4, 0.5) is 0 Å². The van der Waals surface area contributed by atoms with Crippen molar-refractivity contribution in [1.82, 2.24) is 0 Å². The summed E-state index contributed by atoms with van der Waals surface area (Å²) in [5.74, 6) is 1.76. The number of benzene rings is 2. The molecule has 0 amide bonds. The first kappa shape index (κ1) is 12.0. The second-order valence-corrected chi connectivity index (χ2v) is 4.90. The summed E-state index contributed by atoms with van der Waals surface area (Å²) in [6, 6.07) is 18.6. The molecule has 0 aliphatic heterocycles. The van der Waals surface area contributed by atoms with E-state index in [1.807, 2.05) is 19.1 Å². The smallest absolute Gasteiger partial charge is 0.121 e. The van der Waals surface area contributed by atoms with Gasteiger partial charge in [-0.25, -0.2) is 0 Å². The van der Waals surface area contributed by atoms with Gasteiger partial charge in [-0.05, 0) is 41.8 Å². The first-order valence-electron chi connectivity index (χ1n) is 6.52. The molecule has 0 radical (unpaired) electrons. The highest BCUT2D eigenvalue weighted by Crippen LogP contribution is 2.24. The summed E-state index contributed by atoms with van der Waals surface area (Å²) in [4.78, 5) is 0. The fourth-order valence-corrected chi connectivity index (χ4v) is 2.46. The molecular formula is C17H17NO. The third-order valence-corrected chi connectivity index (χ3v) is 3.45. The van der Waals surface area contributed by atoms with Crippen molar-refractivity contribution in [2.45, 2.75) is 19.4 Å². The molecule has 96 valence electrons. The Labute approximate surface area is 112 Å². The van der Waals surface area contributed by atoms with Crippen molar-refractivity contribution in [1.29, 1.82) is 0 Å². The maximum atomic E-state index is 6.24. The molecule has 19 heavy (non-hydrogen) atoms. The number of furan rings is 1. The van der Waals surface area contributed by atoms with Crippen LogP contribution in [0.1, 0.15) is 23.1 Å². The lowest BCUT2D eigenvalue weighted by molar-refractivity contribution is 0.445. The average molecular weight is 251 g/mol. The van der Waals surface area contributed by atoms with Crippen molar-refractivity contribution in [3.05, 3.63) is 71.7 Å². The summed E-state index contributed by atoms with van der Waals surface area (Å²) < 4.78 is 5.60. The van der Waals surface area contributed by atoms with Gasteiger partial charge in [0, 0.05) is 0 Å². The Morgan fingerprint density at radius 2 is 1.79 bits per heavy atom. The summed E-state index contributed by atoms with van der Waals surface area (Å²) in [7, 11) is 0. The van der Waals surface area contributed by atoms with E-state index in [9.17, 15) is 0 Å².